The van der Waals surface area contributed by atoms with Gasteiger partial charge in [0.15, 0.2) is 0 Å². The summed E-state index contributed by atoms with van der Waals surface area (Å²) in [7, 11) is 1.68. The quantitative estimate of drug-likeness (QED) is 0.799. The average Bonchev–Trinajstić information content (AvgIpc) is 2.69. The first-order valence-corrected chi connectivity index (χ1v) is 4.62. The smallest absolute Gasteiger partial charge is 0.242 e. The SMILES string of the molecule is CN(Cc1cn[nH]c1)C(=O)C(C)(C)C#N. The van der Waals surface area contributed by atoms with Crippen molar-refractivity contribution in [1.82, 2.24) is 15.1 Å². The Balaban J connectivity index is 2.67. The molecule has 0 aliphatic heterocycles. The van der Waals surface area contributed by atoms with Crippen molar-refractivity contribution in [3.05, 3.63) is 18.0 Å². The highest BCUT2D eigenvalue weighted by Crippen LogP contribution is 2.17. The van der Waals surface area contributed by atoms with Crippen LogP contribution in [0.1, 0.15) is 19.4 Å². The lowest BCUT2D eigenvalue weighted by Crippen LogP contribution is -2.37. The maximum Gasteiger partial charge on any atom is 0.242 e. The lowest BCUT2D eigenvalue weighted by molar-refractivity contribution is -0.136. The number of nitrogens with zero attached hydrogens (tertiary/aromatic N) is 3. The number of nitriles is 1. The molecule has 0 fully saturated rings. The first-order valence-electron chi connectivity index (χ1n) is 4.62. The fraction of sp³-hybridized carbons (Fsp3) is 0.500. The zero-order valence-corrected chi connectivity index (χ0v) is 9.11. The van der Waals surface area contributed by atoms with Crippen LogP contribution < -0.4 is 0 Å². The number of hydrogen-bond donors (Lipinski definition) is 1. The molecule has 1 amide bonds. The van der Waals surface area contributed by atoms with E-state index in [1.807, 2.05) is 6.07 Å². The standard InChI is InChI=1S/C10H14N4O/c1-10(2,7-11)9(15)14(3)6-8-4-12-13-5-8/h4-5H,6H2,1-3H3,(H,12,13). The van der Waals surface area contributed by atoms with Crippen molar-refractivity contribution in [1.29, 1.82) is 5.26 Å². The van der Waals surface area contributed by atoms with Crippen LogP contribution in [0.25, 0.3) is 0 Å². The van der Waals surface area contributed by atoms with Crippen LogP contribution in [0.3, 0.4) is 0 Å². The van der Waals surface area contributed by atoms with Crippen molar-refractivity contribution in [2.45, 2.75) is 20.4 Å². The minimum Gasteiger partial charge on any atom is -0.340 e. The average molecular weight is 206 g/mol. The number of nitrogens with one attached hydrogen (secondary N) is 1. The molecule has 0 unspecified atom stereocenters. The molecule has 1 heterocycles. The minimum atomic E-state index is -0.974. The van der Waals surface area contributed by atoms with Crippen LogP contribution in [0.5, 0.6) is 0 Å². The summed E-state index contributed by atoms with van der Waals surface area (Å²) in [6.07, 6.45) is 3.38. The monoisotopic (exact) mass is 206 g/mol. The highest BCUT2D eigenvalue weighted by atomic mass is 16.2. The van der Waals surface area contributed by atoms with Gasteiger partial charge in [0.25, 0.3) is 0 Å². The number of rotatable bonds is 3. The Bertz CT molecular complexity index is 375. The molecule has 1 aromatic rings. The second kappa shape index (κ2) is 4.13. The van der Waals surface area contributed by atoms with Gasteiger partial charge in [0.1, 0.15) is 5.41 Å². The van der Waals surface area contributed by atoms with Crippen molar-refractivity contribution in [3.63, 3.8) is 0 Å². The molecule has 80 valence electrons. The number of hydrogen-bond acceptors (Lipinski definition) is 3. The van der Waals surface area contributed by atoms with E-state index in [-0.39, 0.29) is 5.91 Å². The van der Waals surface area contributed by atoms with Crippen LogP contribution in [0, 0.1) is 16.7 Å². The number of H-pyrrole nitrogens is 1. The Kier molecular flexibility index (Phi) is 3.10. The third kappa shape index (κ3) is 2.56. The molecular formula is C10H14N4O. The summed E-state index contributed by atoms with van der Waals surface area (Å²) >= 11 is 0. The van der Waals surface area contributed by atoms with E-state index in [9.17, 15) is 4.79 Å². The molecule has 5 heteroatoms. The van der Waals surface area contributed by atoms with Crippen molar-refractivity contribution in [2.24, 2.45) is 5.41 Å². The molecule has 15 heavy (non-hydrogen) atoms. The topological polar surface area (TPSA) is 72.8 Å². The fourth-order valence-corrected chi connectivity index (χ4v) is 1.23. The van der Waals surface area contributed by atoms with E-state index in [0.717, 1.165) is 5.56 Å². The van der Waals surface area contributed by atoms with Crippen LogP contribution >= 0.6 is 0 Å². The Morgan fingerprint density at radius 2 is 2.40 bits per heavy atom. The minimum absolute atomic E-state index is 0.189. The molecule has 0 aliphatic carbocycles. The molecule has 1 rings (SSSR count). The summed E-state index contributed by atoms with van der Waals surface area (Å²) in [5.74, 6) is -0.189. The van der Waals surface area contributed by atoms with E-state index < -0.39 is 5.41 Å². The second-order valence-electron chi connectivity index (χ2n) is 4.00. The van der Waals surface area contributed by atoms with Gasteiger partial charge in [0.2, 0.25) is 5.91 Å². The highest BCUT2D eigenvalue weighted by molar-refractivity contribution is 5.84. The largest absolute Gasteiger partial charge is 0.340 e. The van der Waals surface area contributed by atoms with Crippen LogP contribution in [0.4, 0.5) is 0 Å². The number of carbonyl (C=O) groups is 1. The van der Waals surface area contributed by atoms with Crippen LogP contribution in [0.15, 0.2) is 12.4 Å². The van der Waals surface area contributed by atoms with Crippen molar-refractivity contribution < 1.29 is 4.79 Å². The van der Waals surface area contributed by atoms with E-state index in [2.05, 4.69) is 10.2 Å². The molecule has 0 bridgehead atoms. The predicted octanol–water partition coefficient (Wildman–Crippen LogP) is 0.918. The Hall–Kier alpha value is -1.83. The zero-order chi connectivity index (χ0) is 11.5. The van der Waals surface area contributed by atoms with Crippen LogP contribution in [-0.4, -0.2) is 28.1 Å². The Morgan fingerprint density at radius 3 is 2.87 bits per heavy atom. The summed E-state index contributed by atoms with van der Waals surface area (Å²) in [6, 6.07) is 1.99. The zero-order valence-electron chi connectivity index (χ0n) is 9.11. The molecule has 5 nitrogen and oxygen atoms in total. The molecule has 0 radical (unpaired) electrons. The van der Waals surface area contributed by atoms with Gasteiger partial charge in [0, 0.05) is 25.4 Å². The molecule has 0 aliphatic rings. The van der Waals surface area contributed by atoms with Gasteiger partial charge in [-0.25, -0.2) is 0 Å². The molecule has 0 atom stereocenters. The van der Waals surface area contributed by atoms with E-state index in [4.69, 9.17) is 5.26 Å². The van der Waals surface area contributed by atoms with Crippen molar-refractivity contribution in [2.75, 3.05) is 7.05 Å². The lowest BCUT2D eigenvalue weighted by Gasteiger charge is -2.23. The van der Waals surface area contributed by atoms with Crippen molar-refractivity contribution in [3.8, 4) is 6.07 Å². The lowest BCUT2D eigenvalue weighted by atomic mass is 9.94. The maximum atomic E-state index is 11.8. The third-order valence-electron chi connectivity index (χ3n) is 2.14. The molecule has 0 aromatic carbocycles. The van der Waals surface area contributed by atoms with Crippen LogP contribution in [0.2, 0.25) is 0 Å². The van der Waals surface area contributed by atoms with Gasteiger partial charge in [-0.15, -0.1) is 0 Å². The summed E-state index contributed by atoms with van der Waals surface area (Å²) in [5, 5.41) is 15.3. The number of amides is 1. The van der Waals surface area contributed by atoms with Gasteiger partial charge in [-0.3, -0.25) is 9.89 Å². The second-order valence-corrected chi connectivity index (χ2v) is 4.00. The van der Waals surface area contributed by atoms with Gasteiger partial charge >= 0.3 is 0 Å². The van der Waals surface area contributed by atoms with Gasteiger partial charge in [-0.2, -0.15) is 10.4 Å². The molecular weight excluding hydrogens is 192 g/mol. The summed E-state index contributed by atoms with van der Waals surface area (Å²) < 4.78 is 0. The van der Waals surface area contributed by atoms with E-state index in [0.29, 0.717) is 6.54 Å². The Morgan fingerprint density at radius 1 is 1.73 bits per heavy atom. The fourth-order valence-electron chi connectivity index (χ4n) is 1.23. The van der Waals surface area contributed by atoms with Crippen molar-refractivity contribution >= 4 is 5.91 Å². The van der Waals surface area contributed by atoms with Gasteiger partial charge in [-0.05, 0) is 13.8 Å². The number of aromatic amines is 1. The molecule has 0 saturated carbocycles. The van der Waals surface area contributed by atoms with Gasteiger partial charge < -0.3 is 4.90 Å². The van der Waals surface area contributed by atoms with Crippen LogP contribution in [-0.2, 0) is 11.3 Å². The normalized spacial score (nSPS) is 10.8. The maximum absolute atomic E-state index is 11.8. The number of carbonyl (C=O) groups excluding carboxylic acids is 1. The highest BCUT2D eigenvalue weighted by Gasteiger charge is 2.30. The molecule has 1 N–H and O–H groups in total. The van der Waals surface area contributed by atoms with Gasteiger partial charge in [0.05, 0.1) is 12.3 Å². The van der Waals surface area contributed by atoms with E-state index in [1.165, 1.54) is 4.90 Å². The molecule has 0 spiro atoms. The van der Waals surface area contributed by atoms with E-state index >= 15 is 0 Å². The summed E-state index contributed by atoms with van der Waals surface area (Å²) in [6.45, 7) is 3.68. The van der Waals surface area contributed by atoms with Gasteiger partial charge in [-0.1, -0.05) is 0 Å². The Labute approximate surface area is 88.7 Å². The summed E-state index contributed by atoms with van der Waals surface area (Å²) in [5.41, 5.74) is -0.0574. The summed E-state index contributed by atoms with van der Waals surface area (Å²) in [4.78, 5) is 13.3. The first-order chi connectivity index (χ1) is 6.97. The molecule has 0 saturated heterocycles. The number of aromatic nitrogens is 2. The predicted molar refractivity (Wildman–Crippen MR) is 54.5 cm³/mol. The van der Waals surface area contributed by atoms with E-state index in [1.54, 1.807) is 33.3 Å². The molecule has 1 aromatic heterocycles. The first kappa shape index (κ1) is 11.2. The third-order valence-corrected chi connectivity index (χ3v) is 2.14.